The first-order chi connectivity index (χ1) is 9.20. The highest BCUT2D eigenvalue weighted by atomic mass is 32.2. The Morgan fingerprint density at radius 1 is 1.37 bits per heavy atom. The van der Waals surface area contributed by atoms with Gasteiger partial charge in [0.05, 0.1) is 0 Å². The largest absolute Gasteiger partial charge is 0.381 e. The summed E-state index contributed by atoms with van der Waals surface area (Å²) in [7, 11) is 1.79. The Morgan fingerprint density at radius 2 is 2.11 bits per heavy atom. The van der Waals surface area contributed by atoms with Gasteiger partial charge in [0, 0.05) is 26.2 Å². The molecule has 1 saturated heterocycles. The Balaban J connectivity index is 2.14. The summed E-state index contributed by atoms with van der Waals surface area (Å²) < 4.78 is 7.92. The molecule has 1 fully saturated rings. The Kier molecular flexibility index (Phi) is 3.60. The van der Waals surface area contributed by atoms with Crippen molar-refractivity contribution < 1.29 is 4.74 Å². The van der Waals surface area contributed by atoms with Crippen LogP contribution in [0.25, 0.3) is 10.3 Å². The molecule has 0 N–H and O–H groups in total. The molecule has 3 heterocycles. The molecule has 0 radical (unpaired) electrons. The summed E-state index contributed by atoms with van der Waals surface area (Å²) in [5.41, 5.74) is 0.454. The first-order valence-corrected chi connectivity index (χ1v) is 8.24. The van der Waals surface area contributed by atoms with Crippen LogP contribution in [0.2, 0.25) is 0 Å². The molecule has 0 atom stereocenters. The van der Waals surface area contributed by atoms with E-state index in [2.05, 4.69) is 9.97 Å². The van der Waals surface area contributed by atoms with Gasteiger partial charge >= 0.3 is 0 Å². The number of aromatic nitrogens is 3. The van der Waals surface area contributed by atoms with Gasteiger partial charge in [0.25, 0.3) is 5.56 Å². The summed E-state index contributed by atoms with van der Waals surface area (Å²) in [4.78, 5) is 22.1. The number of nitrogens with zero attached hydrogens (tertiary/aromatic N) is 3. The average molecular weight is 297 g/mol. The van der Waals surface area contributed by atoms with Crippen LogP contribution >= 0.6 is 23.1 Å². The van der Waals surface area contributed by atoms with Crippen molar-refractivity contribution in [2.75, 3.05) is 19.5 Å². The highest BCUT2D eigenvalue weighted by Gasteiger charge is 2.22. The maximum Gasteiger partial charge on any atom is 0.280 e. The van der Waals surface area contributed by atoms with Crippen LogP contribution in [0.1, 0.15) is 24.6 Å². The first kappa shape index (κ1) is 13.1. The van der Waals surface area contributed by atoms with E-state index >= 15 is 0 Å². The molecule has 0 aromatic carbocycles. The fraction of sp³-hybridized carbons (Fsp3) is 0.583. The molecule has 7 heteroatoms. The van der Waals surface area contributed by atoms with E-state index in [1.165, 1.54) is 11.3 Å². The van der Waals surface area contributed by atoms with Gasteiger partial charge in [-0.1, -0.05) is 23.1 Å². The number of hydrogen-bond acceptors (Lipinski definition) is 6. The molecule has 1 aliphatic rings. The van der Waals surface area contributed by atoms with Gasteiger partial charge in [-0.2, -0.15) is 0 Å². The molecule has 19 heavy (non-hydrogen) atoms. The minimum Gasteiger partial charge on any atom is -0.381 e. The van der Waals surface area contributed by atoms with Gasteiger partial charge < -0.3 is 4.74 Å². The predicted molar refractivity (Wildman–Crippen MR) is 77.2 cm³/mol. The highest BCUT2D eigenvalue weighted by molar-refractivity contribution is 8.00. The topological polar surface area (TPSA) is 57.0 Å². The lowest BCUT2D eigenvalue weighted by Crippen LogP contribution is -2.26. The maximum absolute atomic E-state index is 12.3. The van der Waals surface area contributed by atoms with Gasteiger partial charge in [-0.3, -0.25) is 9.36 Å². The van der Waals surface area contributed by atoms with Gasteiger partial charge in [0.15, 0.2) is 14.7 Å². The summed E-state index contributed by atoms with van der Waals surface area (Å²) in [6.07, 6.45) is 3.82. The predicted octanol–water partition coefficient (Wildman–Crippen LogP) is 2.01. The van der Waals surface area contributed by atoms with Gasteiger partial charge in [0.2, 0.25) is 0 Å². The van der Waals surface area contributed by atoms with Crippen molar-refractivity contribution in [3.05, 3.63) is 16.2 Å². The summed E-state index contributed by atoms with van der Waals surface area (Å²) in [6.45, 7) is 1.49. The molecule has 102 valence electrons. The van der Waals surface area contributed by atoms with Crippen molar-refractivity contribution in [2.24, 2.45) is 7.05 Å². The zero-order chi connectivity index (χ0) is 13.4. The van der Waals surface area contributed by atoms with Crippen LogP contribution in [0.5, 0.6) is 0 Å². The van der Waals surface area contributed by atoms with Crippen LogP contribution in [0, 0.1) is 0 Å². The standard InChI is InChI=1S/C12H15N3O2S2/c1-15-9(7-3-5-17-6-4-7)14-10-8(11(15)16)13-12(18-2)19-10/h7H,3-6H2,1-2H3. The van der Waals surface area contributed by atoms with Crippen LogP contribution in [-0.2, 0) is 11.8 Å². The van der Waals surface area contributed by atoms with Crippen molar-refractivity contribution >= 4 is 33.4 Å². The lowest BCUT2D eigenvalue weighted by atomic mass is 9.99. The summed E-state index contributed by atoms with van der Waals surface area (Å²) in [5.74, 6) is 1.19. The van der Waals surface area contributed by atoms with E-state index in [4.69, 9.17) is 4.74 Å². The molecule has 2 aromatic heterocycles. The molecular weight excluding hydrogens is 282 g/mol. The Hall–Kier alpha value is -0.920. The normalized spacial score (nSPS) is 17.2. The number of fused-ring (bicyclic) bond motifs is 1. The lowest BCUT2D eigenvalue weighted by Gasteiger charge is -2.22. The zero-order valence-electron chi connectivity index (χ0n) is 10.9. The summed E-state index contributed by atoms with van der Waals surface area (Å²) in [6, 6.07) is 0. The second-order valence-corrected chi connectivity index (χ2v) is 6.59. The summed E-state index contributed by atoms with van der Waals surface area (Å²) in [5, 5.41) is 0. The molecular formula is C12H15N3O2S2. The lowest BCUT2D eigenvalue weighted by molar-refractivity contribution is 0.0828. The molecule has 2 aromatic rings. The minimum absolute atomic E-state index is 0.0389. The number of rotatable bonds is 2. The maximum atomic E-state index is 12.3. The molecule has 0 spiro atoms. The molecule has 0 saturated carbocycles. The Bertz CT molecular complexity index is 659. The third-order valence-corrected chi connectivity index (χ3v) is 5.35. The number of hydrogen-bond donors (Lipinski definition) is 0. The number of thioether (sulfide) groups is 1. The smallest absolute Gasteiger partial charge is 0.280 e. The van der Waals surface area contributed by atoms with Gasteiger partial charge in [-0.05, 0) is 19.1 Å². The van der Waals surface area contributed by atoms with Crippen LogP contribution < -0.4 is 5.56 Å². The first-order valence-electron chi connectivity index (χ1n) is 6.20. The highest BCUT2D eigenvalue weighted by Crippen LogP contribution is 2.29. The number of ether oxygens (including phenoxy) is 1. The van der Waals surface area contributed by atoms with Crippen LogP contribution in [0.15, 0.2) is 9.13 Å². The fourth-order valence-electron chi connectivity index (χ4n) is 2.36. The zero-order valence-corrected chi connectivity index (χ0v) is 12.5. The minimum atomic E-state index is -0.0389. The third kappa shape index (κ3) is 2.30. The van der Waals surface area contributed by atoms with E-state index < -0.39 is 0 Å². The van der Waals surface area contributed by atoms with Gasteiger partial charge in [0.1, 0.15) is 5.82 Å². The fourth-order valence-corrected chi connectivity index (χ4v) is 3.78. The molecule has 1 aliphatic heterocycles. The second kappa shape index (κ2) is 5.22. The average Bonchev–Trinajstić information content (AvgIpc) is 2.87. The van der Waals surface area contributed by atoms with Crippen molar-refractivity contribution in [2.45, 2.75) is 23.1 Å². The summed E-state index contributed by atoms with van der Waals surface area (Å²) >= 11 is 3.04. The van der Waals surface area contributed by atoms with E-state index in [1.807, 2.05) is 6.26 Å². The van der Waals surface area contributed by atoms with Crippen molar-refractivity contribution in [1.29, 1.82) is 0 Å². The van der Waals surface area contributed by atoms with Gasteiger partial charge in [-0.25, -0.2) is 9.97 Å². The van der Waals surface area contributed by atoms with Crippen molar-refractivity contribution in [3.63, 3.8) is 0 Å². The number of thiazole rings is 1. The van der Waals surface area contributed by atoms with Gasteiger partial charge in [-0.15, -0.1) is 0 Å². The van der Waals surface area contributed by atoms with E-state index in [9.17, 15) is 4.79 Å². The Morgan fingerprint density at radius 3 is 2.79 bits per heavy atom. The molecule has 0 aliphatic carbocycles. The van der Waals surface area contributed by atoms with Crippen molar-refractivity contribution in [3.8, 4) is 0 Å². The van der Waals surface area contributed by atoms with E-state index in [1.54, 1.807) is 23.4 Å². The molecule has 3 rings (SSSR count). The van der Waals surface area contributed by atoms with Crippen LogP contribution in [0.3, 0.4) is 0 Å². The Labute approximate surface area is 119 Å². The third-order valence-electron chi connectivity index (χ3n) is 3.42. The molecule has 0 amide bonds. The van der Waals surface area contributed by atoms with E-state index in [0.717, 1.165) is 41.0 Å². The van der Waals surface area contributed by atoms with Crippen molar-refractivity contribution in [1.82, 2.24) is 14.5 Å². The quantitative estimate of drug-likeness (QED) is 0.794. The molecule has 5 nitrogen and oxygen atoms in total. The van der Waals surface area contributed by atoms with E-state index in [0.29, 0.717) is 11.4 Å². The molecule has 0 bridgehead atoms. The monoisotopic (exact) mass is 297 g/mol. The van der Waals surface area contributed by atoms with E-state index in [-0.39, 0.29) is 5.56 Å². The molecule has 0 unspecified atom stereocenters. The van der Waals surface area contributed by atoms with Crippen LogP contribution in [0.4, 0.5) is 0 Å². The van der Waals surface area contributed by atoms with Crippen LogP contribution in [-0.4, -0.2) is 34.0 Å². The second-order valence-electron chi connectivity index (χ2n) is 4.56. The SMILES string of the molecule is CSc1nc2c(=O)n(C)c(C3CCOCC3)nc2s1.